The smallest absolute Gasteiger partial charge is 0.314 e. The Balaban J connectivity index is 2.52. The van der Waals surface area contributed by atoms with Crippen molar-refractivity contribution < 1.29 is 9.59 Å². The molecule has 0 aliphatic rings. The molecule has 0 radical (unpaired) electrons. The maximum absolute atomic E-state index is 11.4. The van der Waals surface area contributed by atoms with Gasteiger partial charge in [-0.15, -0.1) is 0 Å². The fourth-order valence-corrected chi connectivity index (χ4v) is 1.14. The minimum atomic E-state index is -0.750. The van der Waals surface area contributed by atoms with Crippen LogP contribution in [0.2, 0.25) is 0 Å². The van der Waals surface area contributed by atoms with Crippen molar-refractivity contribution in [3.05, 3.63) is 11.8 Å². The van der Waals surface area contributed by atoms with Crippen LogP contribution < -0.4 is 16.4 Å². The Hall–Kier alpha value is -1.89. The van der Waals surface area contributed by atoms with Gasteiger partial charge in [0, 0.05) is 24.8 Å². The molecule has 0 bridgehead atoms. The van der Waals surface area contributed by atoms with Gasteiger partial charge in [0.25, 0.3) is 0 Å². The summed E-state index contributed by atoms with van der Waals surface area (Å²) in [6.45, 7) is 4.54. The van der Waals surface area contributed by atoms with E-state index >= 15 is 0 Å². The number of amides is 2. The fourth-order valence-electron chi connectivity index (χ4n) is 1.14. The molecule has 0 fully saturated rings. The van der Waals surface area contributed by atoms with E-state index in [4.69, 9.17) is 5.73 Å². The number of nitrogens with two attached hydrogens (primary N) is 1. The number of carbonyl (C=O) groups excluding carboxylic acids is 2. The van der Waals surface area contributed by atoms with Crippen LogP contribution >= 0.6 is 0 Å². The van der Waals surface area contributed by atoms with E-state index in [9.17, 15) is 9.59 Å². The molecule has 0 unspecified atom stereocenters. The molecule has 0 saturated heterocycles. The number of carbonyl (C=O) groups is 2. The van der Waals surface area contributed by atoms with E-state index in [0.29, 0.717) is 12.4 Å². The van der Waals surface area contributed by atoms with Gasteiger partial charge < -0.3 is 16.4 Å². The molecule has 7 nitrogen and oxygen atoms in total. The topological polar surface area (TPSA) is 113 Å². The molecule has 1 aromatic rings. The number of rotatable bonds is 4. The van der Waals surface area contributed by atoms with Crippen LogP contribution in [0.5, 0.6) is 0 Å². The third kappa shape index (κ3) is 3.87. The second-order valence-electron chi connectivity index (χ2n) is 3.86. The molecule has 0 saturated carbocycles. The van der Waals surface area contributed by atoms with Crippen molar-refractivity contribution in [3.8, 4) is 0 Å². The molecule has 94 valence electrons. The van der Waals surface area contributed by atoms with Crippen LogP contribution in [0.1, 0.15) is 25.5 Å². The largest absolute Gasteiger partial charge is 0.347 e. The van der Waals surface area contributed by atoms with Crippen LogP contribution in [-0.4, -0.2) is 35.1 Å². The van der Waals surface area contributed by atoms with E-state index in [1.165, 1.54) is 0 Å². The number of hydrogen-bond acceptors (Lipinski definition) is 4. The van der Waals surface area contributed by atoms with Crippen molar-refractivity contribution >= 4 is 17.6 Å². The summed E-state index contributed by atoms with van der Waals surface area (Å²) < 4.78 is 0. The quantitative estimate of drug-likeness (QED) is 0.533. The first kappa shape index (κ1) is 13.2. The highest BCUT2D eigenvalue weighted by Gasteiger charge is 2.14. The lowest BCUT2D eigenvalue weighted by molar-refractivity contribution is -0.136. The Kier molecular flexibility index (Phi) is 4.65. The van der Waals surface area contributed by atoms with Gasteiger partial charge in [-0.2, -0.15) is 5.10 Å². The SMILES string of the molecule is CC(C)c1cc(NC(=O)C(=O)NCCN)n[nH]1. The summed E-state index contributed by atoms with van der Waals surface area (Å²) in [6.07, 6.45) is 0. The average Bonchev–Trinajstić information content (AvgIpc) is 2.74. The zero-order chi connectivity index (χ0) is 12.8. The highest BCUT2D eigenvalue weighted by molar-refractivity contribution is 6.39. The molecule has 2 amide bonds. The van der Waals surface area contributed by atoms with Crippen molar-refractivity contribution in [2.24, 2.45) is 5.73 Å². The summed E-state index contributed by atoms with van der Waals surface area (Å²) in [5.41, 5.74) is 6.09. The van der Waals surface area contributed by atoms with Crippen LogP contribution in [0.25, 0.3) is 0 Å². The number of anilines is 1. The van der Waals surface area contributed by atoms with Crippen molar-refractivity contribution in [2.75, 3.05) is 18.4 Å². The van der Waals surface area contributed by atoms with Gasteiger partial charge in [0.2, 0.25) is 0 Å². The zero-order valence-corrected chi connectivity index (χ0v) is 9.91. The number of nitrogens with one attached hydrogen (secondary N) is 3. The van der Waals surface area contributed by atoms with Crippen LogP contribution in [0.4, 0.5) is 5.82 Å². The predicted molar refractivity (Wildman–Crippen MR) is 63.4 cm³/mol. The highest BCUT2D eigenvalue weighted by Crippen LogP contribution is 2.14. The minimum Gasteiger partial charge on any atom is -0.347 e. The number of aromatic nitrogens is 2. The molecule has 0 aliphatic heterocycles. The molecule has 5 N–H and O–H groups in total. The van der Waals surface area contributed by atoms with E-state index < -0.39 is 11.8 Å². The number of hydrogen-bond donors (Lipinski definition) is 4. The van der Waals surface area contributed by atoms with Crippen molar-refractivity contribution in [3.63, 3.8) is 0 Å². The van der Waals surface area contributed by atoms with Gasteiger partial charge in [-0.1, -0.05) is 13.8 Å². The van der Waals surface area contributed by atoms with Crippen LogP contribution in [0.15, 0.2) is 6.07 Å². The lowest BCUT2D eigenvalue weighted by Gasteiger charge is -2.02. The van der Waals surface area contributed by atoms with E-state index in [1.807, 2.05) is 13.8 Å². The molecule has 0 aromatic carbocycles. The molecule has 17 heavy (non-hydrogen) atoms. The Morgan fingerprint density at radius 1 is 1.47 bits per heavy atom. The third-order valence-corrected chi connectivity index (χ3v) is 2.10. The van der Waals surface area contributed by atoms with E-state index in [0.717, 1.165) is 5.69 Å². The van der Waals surface area contributed by atoms with Gasteiger partial charge in [0.05, 0.1) is 0 Å². The van der Waals surface area contributed by atoms with Crippen molar-refractivity contribution in [1.82, 2.24) is 15.5 Å². The van der Waals surface area contributed by atoms with Gasteiger partial charge in [-0.25, -0.2) is 0 Å². The molecule has 1 heterocycles. The Morgan fingerprint density at radius 2 is 2.18 bits per heavy atom. The van der Waals surface area contributed by atoms with Gasteiger partial charge in [-0.3, -0.25) is 14.7 Å². The van der Waals surface area contributed by atoms with Crippen LogP contribution in [0, 0.1) is 0 Å². The number of aromatic amines is 1. The molecular formula is C10H17N5O2. The molecule has 7 heteroatoms. The molecular weight excluding hydrogens is 222 g/mol. The molecule has 1 rings (SSSR count). The minimum absolute atomic E-state index is 0.268. The summed E-state index contributed by atoms with van der Waals surface area (Å²) in [5, 5.41) is 11.4. The predicted octanol–water partition coefficient (Wildman–Crippen LogP) is -0.453. The zero-order valence-electron chi connectivity index (χ0n) is 9.91. The lowest BCUT2D eigenvalue weighted by atomic mass is 10.1. The van der Waals surface area contributed by atoms with Gasteiger partial charge >= 0.3 is 11.8 Å². The maximum Gasteiger partial charge on any atom is 0.314 e. The second kappa shape index (κ2) is 6.00. The third-order valence-electron chi connectivity index (χ3n) is 2.10. The van der Waals surface area contributed by atoms with Crippen LogP contribution in [-0.2, 0) is 9.59 Å². The van der Waals surface area contributed by atoms with Crippen molar-refractivity contribution in [2.45, 2.75) is 19.8 Å². The van der Waals surface area contributed by atoms with Gasteiger partial charge in [0.15, 0.2) is 5.82 Å². The van der Waals surface area contributed by atoms with Crippen molar-refractivity contribution in [1.29, 1.82) is 0 Å². The fraction of sp³-hybridized carbons (Fsp3) is 0.500. The summed E-state index contributed by atoms with van der Waals surface area (Å²) in [6, 6.07) is 1.69. The normalized spacial score (nSPS) is 10.4. The monoisotopic (exact) mass is 239 g/mol. The number of H-pyrrole nitrogens is 1. The first-order valence-electron chi connectivity index (χ1n) is 5.39. The molecule has 1 aromatic heterocycles. The van der Waals surface area contributed by atoms with E-state index in [1.54, 1.807) is 6.07 Å². The average molecular weight is 239 g/mol. The van der Waals surface area contributed by atoms with E-state index in [-0.39, 0.29) is 12.5 Å². The summed E-state index contributed by atoms with van der Waals surface area (Å²) in [7, 11) is 0. The molecule has 0 aliphatic carbocycles. The second-order valence-corrected chi connectivity index (χ2v) is 3.86. The van der Waals surface area contributed by atoms with Gasteiger partial charge in [-0.05, 0) is 5.92 Å². The Morgan fingerprint density at radius 3 is 2.71 bits per heavy atom. The first-order chi connectivity index (χ1) is 8.04. The lowest BCUT2D eigenvalue weighted by Crippen LogP contribution is -2.38. The molecule has 0 spiro atoms. The Labute approximate surface area is 99.1 Å². The number of nitrogens with zero attached hydrogens (tertiary/aromatic N) is 1. The Bertz CT molecular complexity index is 399. The van der Waals surface area contributed by atoms with Gasteiger partial charge in [0.1, 0.15) is 0 Å². The summed E-state index contributed by atoms with van der Waals surface area (Å²) in [5.74, 6) is -0.856. The van der Waals surface area contributed by atoms with E-state index in [2.05, 4.69) is 20.8 Å². The standard InChI is InChI=1S/C10H17N5O2/c1-6(2)7-5-8(15-14-7)13-10(17)9(16)12-4-3-11/h5-6H,3-4,11H2,1-2H3,(H,12,16)(H2,13,14,15,17). The summed E-state index contributed by atoms with van der Waals surface area (Å²) in [4.78, 5) is 22.6. The maximum atomic E-state index is 11.4. The molecule has 0 atom stereocenters. The highest BCUT2D eigenvalue weighted by atomic mass is 16.2. The first-order valence-corrected chi connectivity index (χ1v) is 5.39. The summed E-state index contributed by atoms with van der Waals surface area (Å²) >= 11 is 0. The van der Waals surface area contributed by atoms with Crippen LogP contribution in [0.3, 0.4) is 0 Å².